The van der Waals surface area contributed by atoms with Gasteiger partial charge in [-0.2, -0.15) is 0 Å². The first-order chi connectivity index (χ1) is 11.1. The van der Waals surface area contributed by atoms with Gasteiger partial charge < -0.3 is 10.1 Å². The van der Waals surface area contributed by atoms with Gasteiger partial charge in [0.15, 0.2) is 5.69 Å². The van der Waals surface area contributed by atoms with E-state index in [1.54, 1.807) is 25.1 Å². The Morgan fingerprint density at radius 2 is 2.35 bits per heavy atom. The van der Waals surface area contributed by atoms with E-state index < -0.39 is 0 Å². The average molecular weight is 318 g/mol. The second kappa shape index (κ2) is 6.87. The summed E-state index contributed by atoms with van der Waals surface area (Å²) in [4.78, 5) is 12.1. The number of nitrogens with one attached hydrogen (secondary N) is 1. The van der Waals surface area contributed by atoms with Gasteiger partial charge in [-0.15, -0.1) is 5.10 Å². The van der Waals surface area contributed by atoms with Crippen LogP contribution in [0.2, 0.25) is 0 Å². The van der Waals surface area contributed by atoms with Gasteiger partial charge in [-0.05, 0) is 25.8 Å². The van der Waals surface area contributed by atoms with E-state index in [2.05, 4.69) is 15.6 Å². The number of carbonyl (C=O) groups excluding carboxylic acids is 1. The van der Waals surface area contributed by atoms with E-state index in [4.69, 9.17) is 4.74 Å². The molecule has 0 unspecified atom stereocenters. The lowest BCUT2D eigenvalue weighted by Gasteiger charge is -2.12. The minimum Gasteiger partial charge on any atom is -0.376 e. The van der Waals surface area contributed by atoms with Crippen molar-refractivity contribution in [1.29, 1.82) is 0 Å². The first-order valence-electron chi connectivity index (χ1n) is 7.71. The molecule has 0 bridgehead atoms. The van der Waals surface area contributed by atoms with Crippen LogP contribution in [0, 0.1) is 5.82 Å². The summed E-state index contributed by atoms with van der Waals surface area (Å²) in [6.45, 7) is 3.02. The SMILES string of the molecule is C[C@H](c1ccccc1F)n1cc(C(=O)NC[C@@H]2CCCO2)nn1. The number of ether oxygens (including phenoxy) is 1. The molecule has 1 aliphatic heterocycles. The Hall–Kier alpha value is -2.28. The van der Waals surface area contributed by atoms with Crippen LogP contribution >= 0.6 is 0 Å². The summed E-state index contributed by atoms with van der Waals surface area (Å²) in [6.07, 6.45) is 3.59. The van der Waals surface area contributed by atoms with E-state index >= 15 is 0 Å². The summed E-state index contributed by atoms with van der Waals surface area (Å²) < 4.78 is 20.8. The summed E-state index contributed by atoms with van der Waals surface area (Å²) >= 11 is 0. The van der Waals surface area contributed by atoms with Crippen molar-refractivity contribution in [2.75, 3.05) is 13.2 Å². The van der Waals surface area contributed by atoms with Gasteiger partial charge in [0.1, 0.15) is 5.82 Å². The van der Waals surface area contributed by atoms with Crippen LogP contribution in [0.3, 0.4) is 0 Å². The molecule has 122 valence electrons. The first-order valence-corrected chi connectivity index (χ1v) is 7.71. The normalized spacial score (nSPS) is 18.8. The van der Waals surface area contributed by atoms with Gasteiger partial charge in [0.2, 0.25) is 0 Å². The summed E-state index contributed by atoms with van der Waals surface area (Å²) in [5, 5.41) is 10.6. The number of benzene rings is 1. The summed E-state index contributed by atoms with van der Waals surface area (Å²) in [5.74, 6) is -0.604. The van der Waals surface area contributed by atoms with Crippen molar-refractivity contribution in [3.05, 3.63) is 47.5 Å². The second-order valence-corrected chi connectivity index (χ2v) is 5.63. The molecule has 1 aliphatic rings. The van der Waals surface area contributed by atoms with Gasteiger partial charge in [0.25, 0.3) is 5.91 Å². The lowest BCUT2D eigenvalue weighted by Crippen LogP contribution is -2.32. The lowest BCUT2D eigenvalue weighted by molar-refractivity contribution is 0.0853. The predicted octanol–water partition coefficient (Wildman–Crippen LogP) is 1.94. The fourth-order valence-corrected chi connectivity index (χ4v) is 2.63. The third-order valence-corrected chi connectivity index (χ3v) is 4.01. The molecular weight excluding hydrogens is 299 g/mol. The van der Waals surface area contributed by atoms with E-state index in [9.17, 15) is 9.18 Å². The zero-order valence-corrected chi connectivity index (χ0v) is 12.9. The predicted molar refractivity (Wildman–Crippen MR) is 81.5 cm³/mol. The van der Waals surface area contributed by atoms with Gasteiger partial charge in [-0.3, -0.25) is 4.79 Å². The van der Waals surface area contributed by atoms with Gasteiger partial charge in [-0.1, -0.05) is 23.4 Å². The molecule has 1 amide bonds. The third kappa shape index (κ3) is 3.56. The van der Waals surface area contributed by atoms with Gasteiger partial charge in [0.05, 0.1) is 18.3 Å². The molecule has 6 nitrogen and oxygen atoms in total. The Balaban J connectivity index is 1.65. The van der Waals surface area contributed by atoms with E-state index in [1.165, 1.54) is 16.9 Å². The zero-order valence-electron chi connectivity index (χ0n) is 12.9. The number of hydrogen-bond acceptors (Lipinski definition) is 4. The van der Waals surface area contributed by atoms with Crippen LogP contribution in [0.1, 0.15) is 41.9 Å². The van der Waals surface area contributed by atoms with E-state index in [0.717, 1.165) is 19.4 Å². The van der Waals surface area contributed by atoms with Crippen molar-refractivity contribution in [2.24, 2.45) is 0 Å². The molecule has 1 N–H and O–H groups in total. The van der Waals surface area contributed by atoms with Crippen LogP contribution in [0.15, 0.2) is 30.5 Å². The highest BCUT2D eigenvalue weighted by atomic mass is 19.1. The molecule has 0 radical (unpaired) electrons. The van der Waals surface area contributed by atoms with E-state index in [0.29, 0.717) is 12.1 Å². The van der Waals surface area contributed by atoms with Crippen molar-refractivity contribution in [2.45, 2.75) is 31.9 Å². The van der Waals surface area contributed by atoms with Crippen LogP contribution in [-0.2, 0) is 4.74 Å². The number of amides is 1. The van der Waals surface area contributed by atoms with Crippen molar-refractivity contribution >= 4 is 5.91 Å². The summed E-state index contributed by atoms with van der Waals surface area (Å²) in [5.41, 5.74) is 0.718. The third-order valence-electron chi connectivity index (χ3n) is 4.01. The maximum absolute atomic E-state index is 13.8. The average Bonchev–Trinajstić information content (AvgIpc) is 3.24. The number of nitrogens with zero attached hydrogens (tertiary/aromatic N) is 3. The van der Waals surface area contributed by atoms with Crippen molar-refractivity contribution in [3.8, 4) is 0 Å². The van der Waals surface area contributed by atoms with Gasteiger partial charge in [-0.25, -0.2) is 9.07 Å². The highest BCUT2D eigenvalue weighted by molar-refractivity contribution is 5.91. The Morgan fingerprint density at radius 3 is 3.09 bits per heavy atom. The topological polar surface area (TPSA) is 69.0 Å². The molecule has 1 fully saturated rings. The van der Waals surface area contributed by atoms with E-state index in [-0.39, 0.29) is 29.6 Å². The Bertz CT molecular complexity index is 682. The molecule has 0 aliphatic carbocycles. The molecule has 3 rings (SSSR count). The van der Waals surface area contributed by atoms with Crippen molar-refractivity contribution in [3.63, 3.8) is 0 Å². The quantitative estimate of drug-likeness (QED) is 0.914. The number of aromatic nitrogens is 3. The molecular formula is C16H19FN4O2. The van der Waals surface area contributed by atoms with Gasteiger partial charge in [0, 0.05) is 18.7 Å². The first kappa shape index (κ1) is 15.6. The van der Waals surface area contributed by atoms with E-state index in [1.807, 2.05) is 0 Å². The Morgan fingerprint density at radius 1 is 1.52 bits per heavy atom. The van der Waals surface area contributed by atoms with Crippen LogP contribution in [0.4, 0.5) is 4.39 Å². The number of carbonyl (C=O) groups is 1. The number of rotatable bonds is 5. The molecule has 2 heterocycles. The lowest BCUT2D eigenvalue weighted by atomic mass is 10.1. The summed E-state index contributed by atoms with van der Waals surface area (Å²) in [7, 11) is 0. The molecule has 2 aromatic rings. The van der Waals surface area contributed by atoms with Crippen LogP contribution in [0.5, 0.6) is 0 Å². The van der Waals surface area contributed by atoms with Crippen molar-refractivity contribution < 1.29 is 13.9 Å². The van der Waals surface area contributed by atoms with Crippen molar-refractivity contribution in [1.82, 2.24) is 20.3 Å². The molecule has 1 aromatic carbocycles. The molecule has 1 aromatic heterocycles. The monoisotopic (exact) mass is 318 g/mol. The van der Waals surface area contributed by atoms with Crippen LogP contribution < -0.4 is 5.32 Å². The largest absolute Gasteiger partial charge is 0.376 e. The summed E-state index contributed by atoms with van der Waals surface area (Å²) in [6, 6.07) is 6.15. The van der Waals surface area contributed by atoms with Gasteiger partial charge >= 0.3 is 0 Å². The van der Waals surface area contributed by atoms with Crippen LogP contribution in [-0.4, -0.2) is 40.2 Å². The highest BCUT2D eigenvalue weighted by Crippen LogP contribution is 2.19. The second-order valence-electron chi connectivity index (χ2n) is 5.63. The Labute approximate surface area is 133 Å². The fourth-order valence-electron chi connectivity index (χ4n) is 2.63. The smallest absolute Gasteiger partial charge is 0.273 e. The molecule has 7 heteroatoms. The number of halogens is 1. The standard InChI is InChI=1S/C16H19FN4O2/c1-11(13-6-2-3-7-14(13)17)21-10-15(19-20-21)16(22)18-9-12-5-4-8-23-12/h2-3,6-7,10-12H,4-5,8-9H2,1H3,(H,18,22)/t11-,12+/m1/s1. The minimum atomic E-state index is -0.344. The zero-order chi connectivity index (χ0) is 16.2. The maximum atomic E-state index is 13.8. The molecule has 23 heavy (non-hydrogen) atoms. The molecule has 0 spiro atoms. The molecule has 0 saturated carbocycles. The molecule has 1 saturated heterocycles. The Kier molecular flexibility index (Phi) is 4.66. The highest BCUT2D eigenvalue weighted by Gasteiger charge is 2.19. The van der Waals surface area contributed by atoms with Crippen LogP contribution in [0.25, 0.3) is 0 Å². The number of hydrogen-bond donors (Lipinski definition) is 1. The maximum Gasteiger partial charge on any atom is 0.273 e. The fraction of sp³-hybridized carbons (Fsp3) is 0.438. The minimum absolute atomic E-state index is 0.0753. The molecule has 2 atom stereocenters.